The Morgan fingerprint density at radius 2 is 1.95 bits per heavy atom. The molecular formula is C26H24ClN6O6PS2. The maximum absolute atomic E-state index is 14.0. The van der Waals surface area contributed by atoms with Gasteiger partial charge in [-0.2, -0.15) is 0 Å². The number of thiazole rings is 1. The fourth-order valence-electron chi connectivity index (χ4n) is 4.88. The number of benzene rings is 2. The van der Waals surface area contributed by atoms with Gasteiger partial charge in [0.1, 0.15) is 11.4 Å². The molecule has 1 unspecified atom stereocenters. The van der Waals surface area contributed by atoms with Crippen LogP contribution < -0.4 is 14.1 Å². The van der Waals surface area contributed by atoms with E-state index in [0.717, 1.165) is 13.0 Å². The number of anilines is 1. The normalized spacial score (nSPS) is 16.0. The average molecular weight is 647 g/mol. The minimum Gasteiger partial charge on any atom is -0.404 e. The van der Waals surface area contributed by atoms with Crippen LogP contribution in [0.15, 0.2) is 77.3 Å². The number of imidazole rings is 1. The van der Waals surface area contributed by atoms with Crippen molar-refractivity contribution >= 4 is 51.7 Å². The summed E-state index contributed by atoms with van der Waals surface area (Å²) < 4.78 is 47.4. The van der Waals surface area contributed by atoms with Gasteiger partial charge in [-0.3, -0.25) is 14.2 Å². The molecule has 1 aliphatic heterocycles. The number of hydrogen-bond donors (Lipinski definition) is 3. The second-order valence-electron chi connectivity index (χ2n) is 9.47. The number of rotatable bonds is 8. The van der Waals surface area contributed by atoms with Crippen molar-refractivity contribution in [1.82, 2.24) is 24.7 Å². The molecule has 6 rings (SSSR count). The van der Waals surface area contributed by atoms with E-state index in [-0.39, 0.29) is 16.6 Å². The Bertz CT molecular complexity index is 1900. The van der Waals surface area contributed by atoms with Crippen LogP contribution in [0.3, 0.4) is 0 Å². The van der Waals surface area contributed by atoms with E-state index in [9.17, 15) is 22.8 Å². The number of hydrogen-bond acceptors (Lipinski definition) is 9. The van der Waals surface area contributed by atoms with Gasteiger partial charge in [0.25, 0.3) is 10.0 Å². The van der Waals surface area contributed by atoms with Crippen LogP contribution in [-0.4, -0.2) is 56.7 Å². The number of sulfonamides is 1. The monoisotopic (exact) mass is 646 g/mol. The van der Waals surface area contributed by atoms with Crippen LogP contribution in [0.4, 0.5) is 5.95 Å². The van der Waals surface area contributed by atoms with Crippen molar-refractivity contribution < 1.29 is 27.3 Å². The third-order valence-corrected chi connectivity index (χ3v) is 9.95. The van der Waals surface area contributed by atoms with Crippen LogP contribution in [0.25, 0.3) is 27.6 Å². The van der Waals surface area contributed by atoms with Gasteiger partial charge < -0.3 is 9.84 Å². The molecule has 3 N–H and O–H groups in total. The SMILES string of the molecule is O=P(O)(O)Oc1cccc(-c2nc3sccn3c2-c2ccnc(N(C3CCCNC3)S(=O)(=O)c3ccc(Cl)cc3)n2)c1. The first-order valence-electron chi connectivity index (χ1n) is 12.8. The third kappa shape index (κ3) is 5.79. The van der Waals surface area contributed by atoms with Crippen molar-refractivity contribution in [2.45, 2.75) is 23.8 Å². The fraction of sp³-hybridized carbons (Fsp3) is 0.192. The molecule has 1 fully saturated rings. The number of aromatic nitrogens is 4. The summed E-state index contributed by atoms with van der Waals surface area (Å²) >= 11 is 7.42. The minimum atomic E-state index is -4.78. The van der Waals surface area contributed by atoms with Gasteiger partial charge in [-0.1, -0.05) is 23.7 Å². The lowest BCUT2D eigenvalue weighted by Crippen LogP contribution is -2.49. The number of nitrogens with zero attached hydrogens (tertiary/aromatic N) is 5. The summed E-state index contributed by atoms with van der Waals surface area (Å²) in [5.41, 5.74) is 1.94. The molecule has 3 aromatic heterocycles. The molecular weight excluding hydrogens is 623 g/mol. The predicted molar refractivity (Wildman–Crippen MR) is 159 cm³/mol. The van der Waals surface area contributed by atoms with Crippen molar-refractivity contribution in [2.24, 2.45) is 0 Å². The molecule has 5 aromatic rings. The van der Waals surface area contributed by atoms with E-state index in [1.165, 1.54) is 58.2 Å². The zero-order chi connectivity index (χ0) is 29.5. The average Bonchev–Trinajstić information content (AvgIpc) is 3.55. The first-order chi connectivity index (χ1) is 20.1. The molecule has 1 saturated heterocycles. The van der Waals surface area contributed by atoms with Crippen molar-refractivity contribution in [3.8, 4) is 28.4 Å². The summed E-state index contributed by atoms with van der Waals surface area (Å²) in [5.74, 6) is -0.0255. The zero-order valence-electron chi connectivity index (χ0n) is 21.7. The minimum absolute atomic E-state index is 0.00543. The molecule has 0 spiro atoms. The largest absolute Gasteiger partial charge is 0.524 e. The summed E-state index contributed by atoms with van der Waals surface area (Å²) in [6, 6.07) is 13.4. The van der Waals surface area contributed by atoms with Crippen LogP contribution >= 0.6 is 30.8 Å². The quantitative estimate of drug-likeness (QED) is 0.204. The van der Waals surface area contributed by atoms with E-state index in [2.05, 4.69) is 10.3 Å². The Kier molecular flexibility index (Phi) is 7.79. The Balaban J connectivity index is 1.48. The van der Waals surface area contributed by atoms with Crippen molar-refractivity contribution in [3.63, 3.8) is 0 Å². The maximum atomic E-state index is 14.0. The molecule has 0 bridgehead atoms. The number of fused-ring (bicyclic) bond motifs is 1. The number of phosphoric acid groups is 1. The molecule has 0 saturated carbocycles. The number of nitrogens with one attached hydrogen (secondary N) is 1. The van der Waals surface area contributed by atoms with E-state index < -0.39 is 23.9 Å². The third-order valence-electron chi connectivity index (χ3n) is 6.65. The first-order valence-corrected chi connectivity index (χ1v) is 17.0. The van der Waals surface area contributed by atoms with Crippen molar-refractivity contribution in [1.29, 1.82) is 0 Å². The van der Waals surface area contributed by atoms with Gasteiger partial charge in [0.05, 0.1) is 22.3 Å². The van der Waals surface area contributed by atoms with E-state index in [0.29, 0.717) is 45.6 Å². The summed E-state index contributed by atoms with van der Waals surface area (Å²) in [4.78, 5) is 33.2. The van der Waals surface area contributed by atoms with Gasteiger partial charge >= 0.3 is 7.82 Å². The van der Waals surface area contributed by atoms with Crippen LogP contribution in [0.5, 0.6) is 5.75 Å². The summed E-state index contributed by atoms with van der Waals surface area (Å²) in [6.07, 6.45) is 4.72. The molecule has 4 heterocycles. The Morgan fingerprint density at radius 1 is 1.14 bits per heavy atom. The lowest BCUT2D eigenvalue weighted by atomic mass is 10.1. The van der Waals surface area contributed by atoms with Crippen LogP contribution in [0, 0.1) is 0 Å². The molecule has 42 heavy (non-hydrogen) atoms. The summed E-state index contributed by atoms with van der Waals surface area (Å²) in [5, 5.41) is 5.54. The molecule has 12 nitrogen and oxygen atoms in total. The molecule has 218 valence electrons. The van der Waals surface area contributed by atoms with E-state index >= 15 is 0 Å². The predicted octanol–water partition coefficient (Wildman–Crippen LogP) is 4.59. The summed E-state index contributed by atoms with van der Waals surface area (Å²) in [6.45, 7) is 1.21. The molecule has 0 amide bonds. The highest BCUT2D eigenvalue weighted by molar-refractivity contribution is 7.92. The molecule has 0 aliphatic carbocycles. The van der Waals surface area contributed by atoms with Gasteiger partial charge in [-0.15, -0.1) is 11.3 Å². The summed E-state index contributed by atoms with van der Waals surface area (Å²) in [7, 11) is -8.85. The number of halogens is 1. The zero-order valence-corrected chi connectivity index (χ0v) is 25.0. The standard InChI is InChI=1S/C26H24ClN6O6PS2/c27-18-6-8-21(9-7-18)42(37,38)33(19-4-2-11-28-16-19)25-29-12-10-22(30-25)24-23(31-26-32(24)13-14-41-26)17-3-1-5-20(15-17)39-40(34,35)36/h1,3,5-10,12-15,19,28H,2,4,11,16H2,(H2,34,35,36). The second kappa shape index (κ2) is 11.4. The Morgan fingerprint density at radius 3 is 2.69 bits per heavy atom. The molecule has 2 aromatic carbocycles. The first kappa shape index (κ1) is 28.7. The highest BCUT2D eigenvalue weighted by Gasteiger charge is 2.35. The number of phosphoric ester groups is 1. The highest BCUT2D eigenvalue weighted by Crippen LogP contribution is 2.40. The van der Waals surface area contributed by atoms with E-state index in [1.54, 1.807) is 18.2 Å². The highest BCUT2D eigenvalue weighted by atomic mass is 35.5. The van der Waals surface area contributed by atoms with Gasteiger partial charge in [0, 0.05) is 34.9 Å². The van der Waals surface area contributed by atoms with Crippen molar-refractivity contribution in [2.75, 3.05) is 17.4 Å². The van der Waals surface area contributed by atoms with E-state index in [1.807, 2.05) is 16.0 Å². The Labute approximate surface area is 249 Å². The van der Waals surface area contributed by atoms with Crippen molar-refractivity contribution in [3.05, 3.63) is 77.4 Å². The van der Waals surface area contributed by atoms with Crippen LogP contribution in [0.2, 0.25) is 5.02 Å². The lowest BCUT2D eigenvalue weighted by Gasteiger charge is -2.33. The molecule has 16 heteroatoms. The molecule has 0 radical (unpaired) electrons. The maximum Gasteiger partial charge on any atom is 0.524 e. The van der Waals surface area contributed by atoms with Gasteiger partial charge in [-0.05, 0) is 61.9 Å². The van der Waals surface area contributed by atoms with Crippen LogP contribution in [-0.2, 0) is 14.6 Å². The van der Waals surface area contributed by atoms with Gasteiger partial charge in [-0.25, -0.2) is 32.2 Å². The number of piperidine rings is 1. The lowest BCUT2D eigenvalue weighted by molar-refractivity contribution is 0.283. The topological polar surface area (TPSA) is 159 Å². The molecule has 1 atom stereocenters. The molecule has 1 aliphatic rings. The fourth-order valence-corrected chi connectivity index (χ4v) is 7.69. The smallest absolute Gasteiger partial charge is 0.404 e. The van der Waals surface area contributed by atoms with E-state index in [4.69, 9.17) is 26.1 Å². The van der Waals surface area contributed by atoms with Gasteiger partial charge in [0.15, 0.2) is 4.96 Å². The van der Waals surface area contributed by atoms with Gasteiger partial charge in [0.2, 0.25) is 5.95 Å². The Hall–Kier alpha value is -3.36. The second-order valence-corrected chi connectivity index (χ2v) is 13.8. The van der Waals surface area contributed by atoms with Crippen LogP contribution in [0.1, 0.15) is 12.8 Å².